The van der Waals surface area contributed by atoms with Gasteiger partial charge in [-0.1, -0.05) is 99.7 Å². The third-order valence-corrected chi connectivity index (χ3v) is 5.98. The van der Waals surface area contributed by atoms with Crippen LogP contribution in [-0.4, -0.2) is 12.6 Å². The van der Waals surface area contributed by atoms with Crippen LogP contribution in [-0.2, 0) is 0 Å². The smallest absolute Gasteiger partial charge is 0.0577 e. The Balaban J connectivity index is 1.59. The van der Waals surface area contributed by atoms with Crippen LogP contribution in [0.15, 0.2) is 60.7 Å². The molecule has 1 aliphatic carbocycles. The molecule has 3 N–H and O–H groups in total. The number of rotatable bonds is 8. The van der Waals surface area contributed by atoms with Gasteiger partial charge in [0.2, 0.25) is 0 Å². The van der Waals surface area contributed by atoms with Gasteiger partial charge in [0.1, 0.15) is 0 Å². The first kappa shape index (κ1) is 19.1. The van der Waals surface area contributed by atoms with Crippen molar-refractivity contribution < 1.29 is 0 Å². The lowest BCUT2D eigenvalue weighted by atomic mass is 9.78. The molecule has 0 spiro atoms. The monoisotopic (exact) mass is 350 g/mol. The summed E-state index contributed by atoms with van der Waals surface area (Å²) in [5.74, 6) is 1.62. The van der Waals surface area contributed by atoms with E-state index in [1.165, 1.54) is 43.2 Å². The molecule has 1 fully saturated rings. The second kappa shape index (κ2) is 9.89. The summed E-state index contributed by atoms with van der Waals surface area (Å²) in [5, 5.41) is 3.74. The van der Waals surface area contributed by atoms with Gasteiger partial charge in [-0.15, -0.1) is 0 Å². The van der Waals surface area contributed by atoms with Crippen LogP contribution in [0.1, 0.15) is 62.6 Å². The molecule has 1 saturated carbocycles. The van der Waals surface area contributed by atoms with E-state index in [1.54, 1.807) is 0 Å². The van der Waals surface area contributed by atoms with Crippen LogP contribution in [0, 0.1) is 11.8 Å². The molecule has 140 valence electrons. The van der Waals surface area contributed by atoms with Crippen LogP contribution in [0.3, 0.4) is 0 Å². The van der Waals surface area contributed by atoms with E-state index in [1.807, 2.05) is 0 Å². The standard InChI is InChI=1S/C24H34N2/c1-19(20-11-5-2-6-12-20)17-23(25)18-26-24(21-13-7-3-8-14-21)22-15-9-4-10-16-22/h3-4,7-10,13-16,19-20,23-24,26H,2,5-6,11-12,17-18,25H2,1H3/t19-,23-/m1/s1. The molecule has 0 aromatic heterocycles. The second-order valence-corrected chi connectivity index (χ2v) is 8.03. The van der Waals surface area contributed by atoms with Gasteiger partial charge in [-0.25, -0.2) is 0 Å². The molecule has 0 unspecified atom stereocenters. The SMILES string of the molecule is C[C@H](C[C@@H](N)CNC(c1ccccc1)c1ccccc1)C1CCCCC1. The fourth-order valence-electron chi connectivity index (χ4n) is 4.44. The van der Waals surface area contributed by atoms with Gasteiger partial charge in [0, 0.05) is 12.6 Å². The summed E-state index contributed by atoms with van der Waals surface area (Å²) < 4.78 is 0. The summed E-state index contributed by atoms with van der Waals surface area (Å²) in [7, 11) is 0. The number of nitrogens with two attached hydrogens (primary N) is 1. The van der Waals surface area contributed by atoms with Crippen molar-refractivity contribution in [3.63, 3.8) is 0 Å². The molecule has 0 saturated heterocycles. The second-order valence-electron chi connectivity index (χ2n) is 8.03. The Kier molecular flexibility index (Phi) is 7.28. The van der Waals surface area contributed by atoms with Crippen molar-refractivity contribution in [1.82, 2.24) is 5.32 Å². The first-order chi connectivity index (χ1) is 12.7. The molecule has 2 nitrogen and oxygen atoms in total. The van der Waals surface area contributed by atoms with Crippen LogP contribution < -0.4 is 11.1 Å². The molecule has 26 heavy (non-hydrogen) atoms. The Bertz CT molecular complexity index is 580. The quantitative estimate of drug-likeness (QED) is 0.678. The number of hydrogen-bond acceptors (Lipinski definition) is 2. The van der Waals surface area contributed by atoms with Crippen molar-refractivity contribution in [3.8, 4) is 0 Å². The Morgan fingerprint density at radius 2 is 1.42 bits per heavy atom. The summed E-state index contributed by atoms with van der Waals surface area (Å²) in [6.45, 7) is 3.26. The third-order valence-electron chi connectivity index (χ3n) is 5.98. The molecule has 2 aromatic carbocycles. The van der Waals surface area contributed by atoms with Crippen LogP contribution in [0.25, 0.3) is 0 Å². The van der Waals surface area contributed by atoms with Crippen LogP contribution >= 0.6 is 0 Å². The van der Waals surface area contributed by atoms with Crippen molar-refractivity contribution in [1.29, 1.82) is 0 Å². The molecule has 0 bridgehead atoms. The highest BCUT2D eigenvalue weighted by Crippen LogP contribution is 2.32. The average molecular weight is 351 g/mol. The van der Waals surface area contributed by atoms with Gasteiger partial charge in [0.15, 0.2) is 0 Å². The molecule has 2 heteroatoms. The third kappa shape index (κ3) is 5.43. The summed E-state index contributed by atoms with van der Waals surface area (Å²) in [6, 6.07) is 21.8. The lowest BCUT2D eigenvalue weighted by molar-refractivity contribution is 0.239. The molecular formula is C24H34N2. The highest BCUT2D eigenvalue weighted by Gasteiger charge is 2.22. The molecule has 0 amide bonds. The van der Waals surface area contributed by atoms with E-state index in [0.29, 0.717) is 0 Å². The van der Waals surface area contributed by atoms with Crippen molar-refractivity contribution in [2.45, 2.75) is 57.5 Å². The number of benzene rings is 2. The predicted molar refractivity (Wildman–Crippen MR) is 111 cm³/mol. The normalized spacial score (nSPS) is 18.0. The minimum atomic E-state index is 0.202. The largest absolute Gasteiger partial charge is 0.327 e. The van der Waals surface area contributed by atoms with Crippen molar-refractivity contribution in [2.75, 3.05) is 6.54 Å². The first-order valence-electron chi connectivity index (χ1n) is 10.3. The Morgan fingerprint density at radius 3 is 1.96 bits per heavy atom. The zero-order chi connectivity index (χ0) is 18.2. The molecular weight excluding hydrogens is 316 g/mol. The summed E-state index contributed by atoms with van der Waals surface area (Å²) in [6.07, 6.45) is 8.16. The van der Waals surface area contributed by atoms with Gasteiger partial charge in [-0.3, -0.25) is 0 Å². The van der Waals surface area contributed by atoms with Gasteiger partial charge in [0.05, 0.1) is 6.04 Å². The Labute approximate surface area is 159 Å². The number of nitrogens with one attached hydrogen (secondary N) is 1. The van der Waals surface area contributed by atoms with E-state index in [-0.39, 0.29) is 12.1 Å². The molecule has 0 heterocycles. The fraction of sp³-hybridized carbons (Fsp3) is 0.500. The van der Waals surface area contributed by atoms with Crippen LogP contribution in [0.5, 0.6) is 0 Å². The zero-order valence-electron chi connectivity index (χ0n) is 16.1. The summed E-state index contributed by atoms with van der Waals surface area (Å²) in [4.78, 5) is 0. The highest BCUT2D eigenvalue weighted by atomic mass is 14.9. The van der Waals surface area contributed by atoms with Gasteiger partial charge < -0.3 is 11.1 Å². The van der Waals surface area contributed by atoms with E-state index < -0.39 is 0 Å². The van der Waals surface area contributed by atoms with Gasteiger partial charge >= 0.3 is 0 Å². The summed E-state index contributed by atoms with van der Waals surface area (Å²) >= 11 is 0. The first-order valence-corrected chi connectivity index (χ1v) is 10.3. The summed E-state index contributed by atoms with van der Waals surface area (Å²) in [5.41, 5.74) is 9.12. The van der Waals surface area contributed by atoms with Gasteiger partial charge in [-0.2, -0.15) is 0 Å². The minimum absolute atomic E-state index is 0.202. The molecule has 1 aliphatic rings. The maximum Gasteiger partial charge on any atom is 0.0577 e. The predicted octanol–water partition coefficient (Wildman–Crippen LogP) is 5.30. The zero-order valence-corrected chi connectivity index (χ0v) is 16.1. The van der Waals surface area contributed by atoms with E-state index >= 15 is 0 Å². The Hall–Kier alpha value is -1.64. The van der Waals surface area contributed by atoms with E-state index in [2.05, 4.69) is 72.9 Å². The highest BCUT2D eigenvalue weighted by molar-refractivity contribution is 5.31. The van der Waals surface area contributed by atoms with E-state index in [0.717, 1.165) is 24.8 Å². The molecule has 0 radical (unpaired) electrons. The maximum atomic E-state index is 6.52. The average Bonchev–Trinajstić information content (AvgIpc) is 2.70. The van der Waals surface area contributed by atoms with Crippen molar-refractivity contribution >= 4 is 0 Å². The lowest BCUT2D eigenvalue weighted by Gasteiger charge is -2.30. The molecule has 3 rings (SSSR count). The minimum Gasteiger partial charge on any atom is -0.327 e. The van der Waals surface area contributed by atoms with Crippen molar-refractivity contribution in [3.05, 3.63) is 71.8 Å². The molecule has 2 aromatic rings. The van der Waals surface area contributed by atoms with Crippen LogP contribution in [0.2, 0.25) is 0 Å². The topological polar surface area (TPSA) is 38.0 Å². The van der Waals surface area contributed by atoms with Crippen molar-refractivity contribution in [2.24, 2.45) is 17.6 Å². The lowest BCUT2D eigenvalue weighted by Crippen LogP contribution is -2.38. The molecule has 2 atom stereocenters. The fourth-order valence-corrected chi connectivity index (χ4v) is 4.44. The van der Waals surface area contributed by atoms with E-state index in [9.17, 15) is 0 Å². The van der Waals surface area contributed by atoms with Gasteiger partial charge in [0.25, 0.3) is 0 Å². The maximum absolute atomic E-state index is 6.52. The molecule has 0 aliphatic heterocycles. The van der Waals surface area contributed by atoms with E-state index in [4.69, 9.17) is 5.73 Å². The van der Waals surface area contributed by atoms with Gasteiger partial charge in [-0.05, 0) is 29.4 Å². The number of hydrogen-bond donors (Lipinski definition) is 2. The van der Waals surface area contributed by atoms with Crippen LogP contribution in [0.4, 0.5) is 0 Å². The Morgan fingerprint density at radius 1 is 0.885 bits per heavy atom.